The van der Waals surface area contributed by atoms with Gasteiger partial charge in [-0.15, -0.1) is 0 Å². The number of likely N-dealkylation sites (tertiary alicyclic amines) is 1. The first kappa shape index (κ1) is 11.5. The zero-order valence-electron chi connectivity index (χ0n) is 9.20. The summed E-state index contributed by atoms with van der Waals surface area (Å²) in [5, 5.41) is 0. The molecule has 1 saturated heterocycles. The van der Waals surface area contributed by atoms with E-state index < -0.39 is 0 Å². The van der Waals surface area contributed by atoms with Crippen molar-refractivity contribution in [1.82, 2.24) is 9.80 Å². The van der Waals surface area contributed by atoms with Crippen molar-refractivity contribution in [2.24, 2.45) is 5.73 Å². The lowest BCUT2D eigenvalue weighted by Crippen LogP contribution is -2.50. The van der Waals surface area contributed by atoms with Gasteiger partial charge in [-0.3, -0.25) is 4.79 Å². The van der Waals surface area contributed by atoms with Crippen LogP contribution < -0.4 is 5.73 Å². The van der Waals surface area contributed by atoms with Crippen molar-refractivity contribution in [3.05, 3.63) is 0 Å². The maximum absolute atomic E-state index is 11.5. The lowest BCUT2D eigenvalue weighted by atomic mass is 10.0. The molecule has 2 N–H and O–H groups in total. The molecular weight excluding hydrogens is 178 g/mol. The molecule has 0 aromatic rings. The molecule has 0 aromatic heterocycles. The zero-order chi connectivity index (χ0) is 10.6. The summed E-state index contributed by atoms with van der Waals surface area (Å²) in [7, 11) is 2.10. The number of hydrogen-bond donors (Lipinski definition) is 1. The second-order valence-corrected chi connectivity index (χ2v) is 3.94. The second kappa shape index (κ2) is 5.32. The fourth-order valence-electron chi connectivity index (χ4n) is 2.15. The summed E-state index contributed by atoms with van der Waals surface area (Å²) in [6.07, 6.45) is 2.29. The van der Waals surface area contributed by atoms with Gasteiger partial charge in [-0.2, -0.15) is 0 Å². The number of nitrogens with two attached hydrogens (primary N) is 1. The van der Waals surface area contributed by atoms with E-state index in [-0.39, 0.29) is 12.5 Å². The van der Waals surface area contributed by atoms with Crippen molar-refractivity contribution in [3.63, 3.8) is 0 Å². The highest BCUT2D eigenvalue weighted by Gasteiger charge is 2.25. The van der Waals surface area contributed by atoms with Crippen LogP contribution in [0.3, 0.4) is 0 Å². The second-order valence-electron chi connectivity index (χ2n) is 3.94. The fourth-order valence-corrected chi connectivity index (χ4v) is 2.15. The van der Waals surface area contributed by atoms with E-state index >= 15 is 0 Å². The summed E-state index contributed by atoms with van der Waals surface area (Å²) in [5.41, 5.74) is 5.39. The Morgan fingerprint density at radius 1 is 1.64 bits per heavy atom. The predicted molar refractivity (Wildman–Crippen MR) is 57.0 cm³/mol. The standard InChI is InChI=1S/C10H21N3O/c1-3-13(10(14)7-11)9-5-4-6-12(2)8-9/h9H,3-8,11H2,1-2H3/t9-/m1/s1. The van der Waals surface area contributed by atoms with Crippen LogP contribution in [-0.2, 0) is 4.79 Å². The van der Waals surface area contributed by atoms with Crippen LogP contribution >= 0.6 is 0 Å². The molecule has 0 radical (unpaired) electrons. The van der Waals surface area contributed by atoms with Gasteiger partial charge in [0.15, 0.2) is 0 Å². The summed E-state index contributed by atoms with van der Waals surface area (Å²) in [5.74, 6) is 0.0767. The van der Waals surface area contributed by atoms with Gasteiger partial charge in [-0.05, 0) is 33.4 Å². The number of likely N-dealkylation sites (N-methyl/N-ethyl adjacent to an activating group) is 2. The Bertz CT molecular complexity index is 196. The highest BCUT2D eigenvalue weighted by atomic mass is 16.2. The maximum Gasteiger partial charge on any atom is 0.236 e. The van der Waals surface area contributed by atoms with Crippen LogP contribution in [0.5, 0.6) is 0 Å². The summed E-state index contributed by atoms with van der Waals surface area (Å²) >= 11 is 0. The third-order valence-electron chi connectivity index (χ3n) is 2.88. The van der Waals surface area contributed by atoms with E-state index in [1.807, 2.05) is 11.8 Å². The van der Waals surface area contributed by atoms with Crippen LogP contribution in [0.15, 0.2) is 0 Å². The largest absolute Gasteiger partial charge is 0.338 e. The highest BCUT2D eigenvalue weighted by Crippen LogP contribution is 2.14. The minimum Gasteiger partial charge on any atom is -0.338 e. The number of nitrogens with zero attached hydrogens (tertiary/aromatic N) is 2. The van der Waals surface area contributed by atoms with Gasteiger partial charge >= 0.3 is 0 Å². The van der Waals surface area contributed by atoms with Gasteiger partial charge in [-0.25, -0.2) is 0 Å². The summed E-state index contributed by atoms with van der Waals surface area (Å²) in [6, 6.07) is 0.370. The molecule has 0 unspecified atom stereocenters. The zero-order valence-corrected chi connectivity index (χ0v) is 9.20. The molecule has 0 saturated carbocycles. The number of rotatable bonds is 3. The molecule has 1 heterocycles. The number of amides is 1. The van der Waals surface area contributed by atoms with Gasteiger partial charge in [0.2, 0.25) is 5.91 Å². The molecule has 14 heavy (non-hydrogen) atoms. The first-order valence-electron chi connectivity index (χ1n) is 5.37. The number of carbonyl (C=O) groups is 1. The Labute approximate surface area is 86.0 Å². The molecule has 1 rings (SSSR count). The predicted octanol–water partition coefficient (Wildman–Crippen LogP) is -0.112. The van der Waals surface area contributed by atoms with E-state index in [1.165, 1.54) is 6.42 Å². The summed E-state index contributed by atoms with van der Waals surface area (Å²) in [4.78, 5) is 15.7. The lowest BCUT2D eigenvalue weighted by molar-refractivity contribution is -0.132. The van der Waals surface area contributed by atoms with Crippen molar-refractivity contribution in [1.29, 1.82) is 0 Å². The molecule has 1 atom stereocenters. The van der Waals surface area contributed by atoms with Crippen molar-refractivity contribution >= 4 is 5.91 Å². The first-order valence-corrected chi connectivity index (χ1v) is 5.37. The maximum atomic E-state index is 11.5. The average molecular weight is 199 g/mol. The number of carbonyl (C=O) groups excluding carboxylic acids is 1. The molecule has 0 aliphatic carbocycles. The SMILES string of the molecule is CCN(C(=O)CN)[C@@H]1CCCN(C)C1. The minimum atomic E-state index is 0.0767. The number of piperidine rings is 1. The topological polar surface area (TPSA) is 49.6 Å². The van der Waals surface area contributed by atoms with E-state index in [1.54, 1.807) is 0 Å². The molecule has 1 aliphatic rings. The van der Waals surface area contributed by atoms with E-state index in [4.69, 9.17) is 5.73 Å². The highest BCUT2D eigenvalue weighted by molar-refractivity contribution is 5.78. The third kappa shape index (κ3) is 2.69. The van der Waals surface area contributed by atoms with Gasteiger partial charge in [-0.1, -0.05) is 0 Å². The van der Waals surface area contributed by atoms with E-state index in [2.05, 4.69) is 11.9 Å². The smallest absolute Gasteiger partial charge is 0.236 e. The lowest BCUT2D eigenvalue weighted by Gasteiger charge is -2.37. The molecule has 0 bridgehead atoms. The minimum absolute atomic E-state index is 0.0767. The monoisotopic (exact) mass is 199 g/mol. The molecule has 0 spiro atoms. The van der Waals surface area contributed by atoms with Crippen LogP contribution in [0.25, 0.3) is 0 Å². The van der Waals surface area contributed by atoms with Crippen LogP contribution in [0.2, 0.25) is 0 Å². The van der Waals surface area contributed by atoms with Crippen molar-refractivity contribution in [3.8, 4) is 0 Å². The van der Waals surface area contributed by atoms with E-state index in [9.17, 15) is 4.79 Å². The molecule has 1 fully saturated rings. The fraction of sp³-hybridized carbons (Fsp3) is 0.900. The molecular formula is C10H21N3O. The van der Waals surface area contributed by atoms with Crippen molar-refractivity contribution in [2.75, 3.05) is 33.2 Å². The quantitative estimate of drug-likeness (QED) is 0.690. The molecule has 0 aromatic carbocycles. The van der Waals surface area contributed by atoms with E-state index in [0.29, 0.717) is 6.04 Å². The molecule has 4 nitrogen and oxygen atoms in total. The Hall–Kier alpha value is -0.610. The third-order valence-corrected chi connectivity index (χ3v) is 2.88. The van der Waals surface area contributed by atoms with Crippen molar-refractivity contribution in [2.45, 2.75) is 25.8 Å². The van der Waals surface area contributed by atoms with Crippen LogP contribution in [0.1, 0.15) is 19.8 Å². The van der Waals surface area contributed by atoms with Crippen LogP contribution in [-0.4, -0.2) is 55.0 Å². The van der Waals surface area contributed by atoms with Gasteiger partial charge in [0, 0.05) is 19.1 Å². The Balaban J connectivity index is 2.54. The van der Waals surface area contributed by atoms with Gasteiger partial charge < -0.3 is 15.5 Å². The molecule has 82 valence electrons. The molecule has 1 aliphatic heterocycles. The van der Waals surface area contributed by atoms with Crippen LogP contribution in [0.4, 0.5) is 0 Å². The first-order chi connectivity index (χ1) is 6.69. The van der Waals surface area contributed by atoms with Gasteiger partial charge in [0.25, 0.3) is 0 Å². The van der Waals surface area contributed by atoms with E-state index in [0.717, 1.165) is 26.1 Å². The van der Waals surface area contributed by atoms with Crippen LogP contribution in [0, 0.1) is 0 Å². The summed E-state index contributed by atoms with van der Waals surface area (Å²) < 4.78 is 0. The molecule has 1 amide bonds. The van der Waals surface area contributed by atoms with Crippen molar-refractivity contribution < 1.29 is 4.79 Å². The summed E-state index contributed by atoms with van der Waals surface area (Å²) in [6.45, 7) is 5.05. The Morgan fingerprint density at radius 3 is 2.86 bits per heavy atom. The molecule has 4 heteroatoms. The van der Waals surface area contributed by atoms with Gasteiger partial charge in [0.05, 0.1) is 6.54 Å². The Kier molecular flexibility index (Phi) is 4.35. The Morgan fingerprint density at radius 2 is 2.36 bits per heavy atom. The normalized spacial score (nSPS) is 23.5. The van der Waals surface area contributed by atoms with Gasteiger partial charge in [0.1, 0.15) is 0 Å². The average Bonchev–Trinajstić information content (AvgIpc) is 2.19. The number of hydrogen-bond acceptors (Lipinski definition) is 3.